The summed E-state index contributed by atoms with van der Waals surface area (Å²) in [6, 6.07) is 0. The minimum absolute atomic E-state index is 0.405. The van der Waals surface area contributed by atoms with E-state index in [1.807, 2.05) is 25.8 Å². The highest BCUT2D eigenvalue weighted by atomic mass is 32.1. The molecule has 0 atom stereocenters. The Morgan fingerprint density at radius 2 is 1.94 bits per heavy atom. The topological polar surface area (TPSA) is 44.9 Å². The van der Waals surface area contributed by atoms with Gasteiger partial charge in [0, 0.05) is 32.9 Å². The highest BCUT2D eigenvalue weighted by Crippen LogP contribution is 2.05. The smallest absolute Gasteiger partial charge is 0.166 e. The fourth-order valence-electron chi connectivity index (χ4n) is 1.21. The zero-order valence-corrected chi connectivity index (χ0v) is 12.8. The van der Waals surface area contributed by atoms with Crippen molar-refractivity contribution >= 4 is 24.0 Å². The number of nitrogens with two attached hydrogens (primary N) is 1. The zero-order chi connectivity index (χ0) is 14.6. The van der Waals surface area contributed by atoms with Crippen LogP contribution in [0.4, 0.5) is 0 Å². The Labute approximate surface area is 117 Å². The Morgan fingerprint density at radius 3 is 2.28 bits per heavy atom. The van der Waals surface area contributed by atoms with Gasteiger partial charge in [0.25, 0.3) is 0 Å². The molecule has 0 unspecified atom stereocenters. The molecule has 104 valence electrons. The largest absolute Gasteiger partial charge is 0.376 e. The van der Waals surface area contributed by atoms with Crippen LogP contribution in [0.25, 0.3) is 0 Å². The van der Waals surface area contributed by atoms with Gasteiger partial charge >= 0.3 is 0 Å². The van der Waals surface area contributed by atoms with Crippen LogP contribution in [0, 0.1) is 0 Å². The first-order valence-electron chi connectivity index (χ1n) is 6.10. The molecule has 18 heavy (non-hydrogen) atoms. The lowest BCUT2D eigenvalue weighted by Crippen LogP contribution is -2.38. The van der Waals surface area contributed by atoms with Gasteiger partial charge in [0.15, 0.2) is 5.11 Å². The van der Waals surface area contributed by atoms with Crippen molar-refractivity contribution in [3.05, 3.63) is 24.6 Å². The van der Waals surface area contributed by atoms with Crippen LogP contribution in [0.2, 0.25) is 0 Å². The van der Waals surface area contributed by atoms with Crippen molar-refractivity contribution < 1.29 is 0 Å². The van der Waals surface area contributed by atoms with Crippen LogP contribution in [-0.4, -0.2) is 48.3 Å². The molecule has 0 saturated heterocycles. The van der Waals surface area contributed by atoms with Crippen LogP contribution in [0.1, 0.15) is 20.8 Å². The van der Waals surface area contributed by atoms with Crippen molar-refractivity contribution in [1.29, 1.82) is 0 Å². The molecule has 4 nitrogen and oxygen atoms in total. The predicted molar refractivity (Wildman–Crippen MR) is 85.8 cm³/mol. The number of hydrogen-bond donors (Lipinski definition) is 1. The van der Waals surface area contributed by atoms with Gasteiger partial charge in [0.2, 0.25) is 0 Å². The molecule has 0 aromatic carbocycles. The lowest BCUT2D eigenvalue weighted by atomic mass is 10.3. The maximum atomic E-state index is 5.51. The standard InChI is InChI=1S/C11H20N4S.C2H6/c1-5-10(9-13-3)15(6-2)8-7-14(4)11(12)16;1-2/h5,9H,1,3,6-8H2,2,4H3,(H2,12,16);1-2H3/b10-9+;. The zero-order valence-electron chi connectivity index (χ0n) is 12.0. The minimum Gasteiger partial charge on any atom is -0.376 e. The van der Waals surface area contributed by atoms with Crippen molar-refractivity contribution in [2.45, 2.75) is 20.8 Å². The van der Waals surface area contributed by atoms with Gasteiger partial charge < -0.3 is 15.5 Å². The van der Waals surface area contributed by atoms with Crippen molar-refractivity contribution in [3.63, 3.8) is 0 Å². The normalized spacial score (nSPS) is 9.89. The summed E-state index contributed by atoms with van der Waals surface area (Å²) in [7, 11) is 1.87. The van der Waals surface area contributed by atoms with Crippen molar-refractivity contribution in [1.82, 2.24) is 9.80 Å². The van der Waals surface area contributed by atoms with Crippen molar-refractivity contribution in [2.75, 3.05) is 26.7 Å². The Kier molecular flexibility index (Phi) is 12.8. The van der Waals surface area contributed by atoms with E-state index in [0.29, 0.717) is 5.11 Å². The van der Waals surface area contributed by atoms with Gasteiger partial charge in [-0.3, -0.25) is 4.99 Å². The summed E-state index contributed by atoms with van der Waals surface area (Å²) < 4.78 is 0. The van der Waals surface area contributed by atoms with E-state index in [-0.39, 0.29) is 0 Å². The lowest BCUT2D eigenvalue weighted by Gasteiger charge is -2.26. The van der Waals surface area contributed by atoms with Gasteiger partial charge in [-0.05, 0) is 31.9 Å². The molecule has 0 bridgehead atoms. The van der Waals surface area contributed by atoms with E-state index >= 15 is 0 Å². The molecule has 0 aliphatic rings. The van der Waals surface area contributed by atoms with E-state index in [1.54, 1.807) is 12.3 Å². The van der Waals surface area contributed by atoms with Gasteiger partial charge in [-0.2, -0.15) is 0 Å². The Bertz CT molecular complexity index is 287. The van der Waals surface area contributed by atoms with Crippen LogP contribution in [0.3, 0.4) is 0 Å². The van der Waals surface area contributed by atoms with Crippen molar-refractivity contribution in [2.24, 2.45) is 10.7 Å². The molecule has 2 N–H and O–H groups in total. The second-order valence-electron chi connectivity index (χ2n) is 3.28. The number of allylic oxidation sites excluding steroid dienone is 1. The third-order valence-electron chi connectivity index (χ3n) is 2.26. The number of thiocarbonyl (C=S) groups is 1. The summed E-state index contributed by atoms with van der Waals surface area (Å²) in [6.45, 7) is 15.7. The van der Waals surface area contributed by atoms with E-state index < -0.39 is 0 Å². The highest BCUT2D eigenvalue weighted by Gasteiger charge is 2.06. The van der Waals surface area contributed by atoms with Crippen LogP contribution in [0.5, 0.6) is 0 Å². The Morgan fingerprint density at radius 1 is 1.39 bits per heavy atom. The summed E-state index contributed by atoms with van der Waals surface area (Å²) in [4.78, 5) is 7.72. The van der Waals surface area contributed by atoms with Crippen molar-refractivity contribution in [3.8, 4) is 0 Å². The first-order valence-corrected chi connectivity index (χ1v) is 6.51. The van der Waals surface area contributed by atoms with Gasteiger partial charge in [-0.1, -0.05) is 20.4 Å². The lowest BCUT2D eigenvalue weighted by molar-refractivity contribution is 0.334. The second kappa shape index (κ2) is 12.1. The van der Waals surface area contributed by atoms with Gasteiger partial charge in [-0.25, -0.2) is 0 Å². The van der Waals surface area contributed by atoms with E-state index in [2.05, 4.69) is 30.1 Å². The minimum atomic E-state index is 0.405. The van der Waals surface area contributed by atoms with Crippen LogP contribution >= 0.6 is 12.2 Å². The summed E-state index contributed by atoms with van der Waals surface area (Å²) >= 11 is 4.87. The molecule has 0 aromatic heterocycles. The van der Waals surface area contributed by atoms with Gasteiger partial charge in [0.05, 0.1) is 5.70 Å². The molecular weight excluding hydrogens is 244 g/mol. The third kappa shape index (κ3) is 7.84. The summed E-state index contributed by atoms with van der Waals surface area (Å²) in [6.07, 6.45) is 3.45. The summed E-state index contributed by atoms with van der Waals surface area (Å²) in [5, 5.41) is 0.405. The number of nitrogens with zero attached hydrogens (tertiary/aromatic N) is 3. The maximum Gasteiger partial charge on any atom is 0.166 e. The highest BCUT2D eigenvalue weighted by molar-refractivity contribution is 7.80. The molecule has 0 aromatic rings. The molecular formula is C13H26N4S. The molecule has 0 aliphatic heterocycles. The summed E-state index contributed by atoms with van der Waals surface area (Å²) in [5.74, 6) is 0. The molecule has 0 fully saturated rings. The van der Waals surface area contributed by atoms with Crippen LogP contribution in [0.15, 0.2) is 29.5 Å². The predicted octanol–water partition coefficient (Wildman–Crippen LogP) is 2.24. The molecule has 0 heterocycles. The van der Waals surface area contributed by atoms with Gasteiger partial charge in [-0.15, -0.1) is 0 Å². The molecule has 0 spiro atoms. The van der Waals surface area contributed by atoms with Gasteiger partial charge in [0.1, 0.15) is 0 Å². The number of likely N-dealkylation sites (N-methyl/N-ethyl adjacent to an activating group) is 2. The quantitative estimate of drug-likeness (QED) is 0.438. The molecule has 0 aliphatic carbocycles. The molecule has 5 heteroatoms. The van der Waals surface area contributed by atoms with Crippen LogP contribution < -0.4 is 5.73 Å². The fourth-order valence-corrected chi connectivity index (χ4v) is 1.30. The Hall–Kier alpha value is -1.36. The average molecular weight is 270 g/mol. The second-order valence-corrected chi connectivity index (χ2v) is 3.70. The summed E-state index contributed by atoms with van der Waals surface area (Å²) in [5.41, 5.74) is 6.46. The molecule has 0 saturated carbocycles. The van der Waals surface area contributed by atoms with E-state index in [4.69, 9.17) is 18.0 Å². The maximum absolute atomic E-state index is 5.51. The van der Waals surface area contributed by atoms with E-state index in [9.17, 15) is 0 Å². The number of hydrogen-bond acceptors (Lipinski definition) is 3. The van der Waals surface area contributed by atoms with E-state index in [0.717, 1.165) is 25.3 Å². The average Bonchev–Trinajstić information content (AvgIpc) is 2.39. The van der Waals surface area contributed by atoms with E-state index in [1.165, 1.54) is 0 Å². The first-order chi connectivity index (χ1) is 8.56. The first kappa shape index (κ1) is 19.0. The monoisotopic (exact) mass is 270 g/mol. The number of aliphatic imine (C=N–C) groups is 1. The number of rotatable bonds is 7. The SMILES string of the molecule is C=C/C(=C\N=C)N(CC)CCN(C)C(N)=S.CC. The third-order valence-corrected chi connectivity index (χ3v) is 2.57. The fraction of sp³-hybridized carbons (Fsp3) is 0.538. The van der Waals surface area contributed by atoms with Crippen LogP contribution in [-0.2, 0) is 0 Å². The molecule has 0 radical (unpaired) electrons. The molecule has 0 amide bonds. The Balaban J connectivity index is 0. The molecule has 0 rings (SSSR count).